The van der Waals surface area contributed by atoms with Crippen molar-refractivity contribution in [2.24, 2.45) is 5.10 Å². The van der Waals surface area contributed by atoms with Crippen molar-refractivity contribution in [3.63, 3.8) is 0 Å². The third kappa shape index (κ3) is 6.73. The molecule has 0 aromatic heterocycles. The number of carbonyl (C=O) groups excluding carboxylic acids is 1. The molecule has 0 aliphatic carbocycles. The molecule has 0 heterocycles. The van der Waals surface area contributed by atoms with Crippen molar-refractivity contribution >= 4 is 46.4 Å². The molecule has 7 heteroatoms. The molecule has 0 atom stereocenters. The summed E-state index contributed by atoms with van der Waals surface area (Å²) >= 11 is 18.0. The van der Waals surface area contributed by atoms with Crippen LogP contribution < -0.4 is 10.2 Å². The SMILES string of the molecule is CCC(=NNC(=O)CCCOc1ccc(Cl)cc1C)c1ccc(Cl)cc1Cl. The van der Waals surface area contributed by atoms with E-state index in [4.69, 9.17) is 39.5 Å². The molecule has 2 rings (SSSR count). The van der Waals surface area contributed by atoms with Gasteiger partial charge in [0.25, 0.3) is 0 Å². The van der Waals surface area contributed by atoms with Crippen LogP contribution in [0.15, 0.2) is 41.5 Å². The van der Waals surface area contributed by atoms with Crippen LogP contribution in [0.25, 0.3) is 0 Å². The van der Waals surface area contributed by atoms with E-state index in [1.807, 2.05) is 26.0 Å². The highest BCUT2D eigenvalue weighted by Gasteiger charge is 2.09. The average Bonchev–Trinajstić information content (AvgIpc) is 2.62. The van der Waals surface area contributed by atoms with Gasteiger partial charge >= 0.3 is 0 Å². The van der Waals surface area contributed by atoms with Gasteiger partial charge in [0.15, 0.2) is 0 Å². The molecule has 27 heavy (non-hydrogen) atoms. The molecule has 1 amide bonds. The standard InChI is InChI=1S/C20H21Cl3N2O2/c1-3-18(16-8-6-15(22)12-17(16)23)24-25-20(26)5-4-10-27-19-9-7-14(21)11-13(19)2/h6-9,11-12H,3-5,10H2,1-2H3,(H,25,26). The van der Waals surface area contributed by atoms with Crippen LogP contribution in [0.5, 0.6) is 5.75 Å². The number of hydrazone groups is 1. The minimum atomic E-state index is -0.178. The van der Waals surface area contributed by atoms with Gasteiger partial charge in [-0.2, -0.15) is 5.10 Å². The Hall–Kier alpha value is -1.75. The lowest BCUT2D eigenvalue weighted by Gasteiger charge is -2.09. The maximum atomic E-state index is 12.0. The minimum Gasteiger partial charge on any atom is -0.493 e. The zero-order chi connectivity index (χ0) is 19.8. The summed E-state index contributed by atoms with van der Waals surface area (Å²) in [5, 5.41) is 5.93. The topological polar surface area (TPSA) is 50.7 Å². The molecule has 0 unspecified atom stereocenters. The number of rotatable bonds is 8. The minimum absolute atomic E-state index is 0.178. The van der Waals surface area contributed by atoms with Gasteiger partial charge in [0.1, 0.15) is 5.75 Å². The van der Waals surface area contributed by atoms with Gasteiger partial charge in [-0.1, -0.05) is 47.8 Å². The van der Waals surface area contributed by atoms with Gasteiger partial charge in [-0.3, -0.25) is 4.79 Å². The summed E-state index contributed by atoms with van der Waals surface area (Å²) in [6, 6.07) is 10.6. The monoisotopic (exact) mass is 426 g/mol. The number of nitrogens with zero attached hydrogens (tertiary/aromatic N) is 1. The maximum absolute atomic E-state index is 12.0. The van der Waals surface area contributed by atoms with Crippen LogP contribution in [0.4, 0.5) is 0 Å². The molecule has 0 fully saturated rings. The molecule has 0 aliphatic rings. The van der Waals surface area contributed by atoms with E-state index in [0.717, 1.165) is 16.9 Å². The number of halogens is 3. The van der Waals surface area contributed by atoms with Crippen molar-refractivity contribution in [3.8, 4) is 5.75 Å². The van der Waals surface area contributed by atoms with Crippen molar-refractivity contribution in [1.82, 2.24) is 5.43 Å². The number of ether oxygens (including phenoxy) is 1. The Balaban J connectivity index is 1.83. The van der Waals surface area contributed by atoms with Gasteiger partial charge in [-0.15, -0.1) is 0 Å². The van der Waals surface area contributed by atoms with E-state index in [1.54, 1.807) is 24.3 Å². The molecule has 0 aliphatic heterocycles. The van der Waals surface area contributed by atoms with Crippen molar-refractivity contribution in [3.05, 3.63) is 62.6 Å². The maximum Gasteiger partial charge on any atom is 0.240 e. The van der Waals surface area contributed by atoms with Crippen LogP contribution in [0.1, 0.15) is 37.3 Å². The van der Waals surface area contributed by atoms with Crippen molar-refractivity contribution in [2.75, 3.05) is 6.61 Å². The first-order chi connectivity index (χ1) is 12.9. The number of amides is 1. The number of hydrogen-bond acceptors (Lipinski definition) is 3. The zero-order valence-electron chi connectivity index (χ0n) is 15.2. The van der Waals surface area contributed by atoms with Gasteiger partial charge < -0.3 is 4.74 Å². The fourth-order valence-electron chi connectivity index (χ4n) is 2.43. The van der Waals surface area contributed by atoms with Crippen LogP contribution in [0, 0.1) is 6.92 Å². The first-order valence-electron chi connectivity index (χ1n) is 8.60. The van der Waals surface area contributed by atoms with E-state index in [0.29, 0.717) is 46.6 Å². The van der Waals surface area contributed by atoms with E-state index < -0.39 is 0 Å². The quantitative estimate of drug-likeness (QED) is 0.317. The van der Waals surface area contributed by atoms with Gasteiger partial charge in [-0.25, -0.2) is 5.43 Å². The van der Waals surface area contributed by atoms with E-state index in [1.165, 1.54) is 0 Å². The summed E-state index contributed by atoms with van der Waals surface area (Å²) in [7, 11) is 0. The molecular weight excluding hydrogens is 407 g/mol. The fraction of sp³-hybridized carbons (Fsp3) is 0.300. The Morgan fingerprint density at radius 3 is 2.48 bits per heavy atom. The smallest absolute Gasteiger partial charge is 0.240 e. The number of hydrogen-bond donors (Lipinski definition) is 1. The number of aryl methyl sites for hydroxylation is 1. The van der Waals surface area contributed by atoms with Crippen molar-refractivity contribution in [1.29, 1.82) is 0 Å². The third-order valence-corrected chi connectivity index (χ3v) is 4.62. The highest BCUT2D eigenvalue weighted by Crippen LogP contribution is 2.23. The van der Waals surface area contributed by atoms with Crippen molar-refractivity contribution in [2.45, 2.75) is 33.1 Å². The summed E-state index contributed by atoms with van der Waals surface area (Å²) < 4.78 is 5.68. The van der Waals surface area contributed by atoms with Gasteiger partial charge in [0.2, 0.25) is 5.91 Å². The molecule has 0 spiro atoms. The number of nitrogens with one attached hydrogen (secondary N) is 1. The lowest BCUT2D eigenvalue weighted by atomic mass is 10.1. The van der Waals surface area contributed by atoms with Crippen LogP contribution >= 0.6 is 34.8 Å². The van der Waals surface area contributed by atoms with Crippen LogP contribution in [-0.4, -0.2) is 18.2 Å². The van der Waals surface area contributed by atoms with Gasteiger partial charge in [0.05, 0.1) is 17.3 Å². The van der Waals surface area contributed by atoms with E-state index in [2.05, 4.69) is 10.5 Å². The molecule has 4 nitrogen and oxygen atoms in total. The van der Waals surface area contributed by atoms with Gasteiger partial charge in [0, 0.05) is 22.0 Å². The first-order valence-corrected chi connectivity index (χ1v) is 9.74. The third-order valence-electron chi connectivity index (χ3n) is 3.84. The van der Waals surface area contributed by atoms with Crippen LogP contribution in [0.2, 0.25) is 15.1 Å². The van der Waals surface area contributed by atoms with Crippen LogP contribution in [-0.2, 0) is 4.79 Å². The summed E-state index contributed by atoms with van der Waals surface area (Å²) in [5.41, 5.74) is 4.99. The van der Waals surface area contributed by atoms with Gasteiger partial charge in [-0.05, 0) is 55.7 Å². The second-order valence-electron chi connectivity index (χ2n) is 5.93. The molecule has 1 N–H and O–H groups in total. The highest BCUT2D eigenvalue weighted by atomic mass is 35.5. The Labute approximate surface area is 174 Å². The number of benzene rings is 2. The Bertz CT molecular complexity index is 838. The molecule has 2 aromatic carbocycles. The molecule has 144 valence electrons. The normalized spacial score (nSPS) is 11.4. The Morgan fingerprint density at radius 1 is 1.11 bits per heavy atom. The summed E-state index contributed by atoms with van der Waals surface area (Å²) in [6.45, 7) is 4.30. The highest BCUT2D eigenvalue weighted by molar-refractivity contribution is 6.37. The predicted octanol–water partition coefficient (Wildman–Crippen LogP) is 6.04. The summed E-state index contributed by atoms with van der Waals surface area (Å²) in [4.78, 5) is 12.0. The molecule has 0 saturated carbocycles. The summed E-state index contributed by atoms with van der Waals surface area (Å²) in [6.07, 6.45) is 1.51. The zero-order valence-corrected chi connectivity index (χ0v) is 17.5. The Kier molecular flexibility index (Phi) is 8.42. The largest absolute Gasteiger partial charge is 0.493 e. The summed E-state index contributed by atoms with van der Waals surface area (Å²) in [5.74, 6) is 0.589. The van der Waals surface area contributed by atoms with E-state index >= 15 is 0 Å². The first kappa shape index (κ1) is 21.5. The molecule has 0 radical (unpaired) electrons. The molecular formula is C20H21Cl3N2O2. The molecule has 0 bridgehead atoms. The fourth-order valence-corrected chi connectivity index (χ4v) is 3.17. The lowest BCUT2D eigenvalue weighted by molar-refractivity contribution is -0.121. The average molecular weight is 428 g/mol. The van der Waals surface area contributed by atoms with Crippen molar-refractivity contribution < 1.29 is 9.53 Å². The molecule has 0 saturated heterocycles. The predicted molar refractivity (Wildman–Crippen MR) is 112 cm³/mol. The number of carbonyl (C=O) groups is 1. The second kappa shape index (κ2) is 10.5. The second-order valence-corrected chi connectivity index (χ2v) is 7.21. The van der Waals surface area contributed by atoms with Crippen LogP contribution in [0.3, 0.4) is 0 Å². The molecule has 2 aromatic rings. The van der Waals surface area contributed by atoms with E-state index in [-0.39, 0.29) is 5.91 Å². The Morgan fingerprint density at radius 2 is 1.81 bits per heavy atom. The lowest BCUT2D eigenvalue weighted by Crippen LogP contribution is -2.20. The van der Waals surface area contributed by atoms with E-state index in [9.17, 15) is 4.79 Å².